The third-order valence-corrected chi connectivity index (χ3v) is 4.12. The minimum absolute atomic E-state index is 0.239. The molecule has 1 aromatic heterocycles. The second kappa shape index (κ2) is 6.28. The van der Waals surface area contributed by atoms with E-state index in [1.54, 1.807) is 11.3 Å². The monoisotopic (exact) mass is 275 g/mol. The van der Waals surface area contributed by atoms with Crippen LogP contribution in [0.4, 0.5) is 0 Å². The Labute approximate surface area is 119 Å². The zero-order valence-corrected chi connectivity index (χ0v) is 12.6. The first kappa shape index (κ1) is 14.2. The summed E-state index contributed by atoms with van der Waals surface area (Å²) >= 11 is 1.69. The normalized spacial score (nSPS) is 12.9. The average Bonchev–Trinajstić information content (AvgIpc) is 2.78. The fourth-order valence-electron chi connectivity index (χ4n) is 2.21. The second-order valence-corrected chi connectivity index (χ2v) is 6.00. The van der Waals surface area contributed by atoms with Crippen LogP contribution in [-0.2, 0) is 6.54 Å². The first-order valence-electron chi connectivity index (χ1n) is 6.48. The van der Waals surface area contributed by atoms with Crippen molar-refractivity contribution in [2.45, 2.75) is 26.4 Å². The van der Waals surface area contributed by atoms with Gasteiger partial charge in [0.15, 0.2) is 0 Å². The Bertz CT molecular complexity index is 518. The Kier molecular flexibility index (Phi) is 4.69. The molecule has 4 heteroatoms. The maximum Gasteiger partial charge on any atom is 0.0897 e. The highest BCUT2D eigenvalue weighted by Crippen LogP contribution is 2.21. The molecule has 3 nitrogen and oxygen atoms in total. The summed E-state index contributed by atoms with van der Waals surface area (Å²) in [7, 11) is 2.10. The largest absolute Gasteiger partial charge is 0.329 e. The van der Waals surface area contributed by atoms with E-state index in [1.165, 1.54) is 11.1 Å². The number of likely N-dealkylation sites (N-methyl/N-ethyl adjacent to an activating group) is 1. The number of rotatable bonds is 5. The molecule has 1 heterocycles. The molecule has 2 N–H and O–H groups in total. The molecular formula is C15H21N3S. The van der Waals surface area contributed by atoms with E-state index in [0.717, 1.165) is 17.2 Å². The molecule has 1 unspecified atom stereocenters. The molecule has 0 amide bonds. The van der Waals surface area contributed by atoms with Gasteiger partial charge in [0.1, 0.15) is 0 Å². The van der Waals surface area contributed by atoms with E-state index in [2.05, 4.69) is 53.5 Å². The van der Waals surface area contributed by atoms with Crippen molar-refractivity contribution in [1.82, 2.24) is 9.88 Å². The van der Waals surface area contributed by atoms with Crippen molar-refractivity contribution < 1.29 is 0 Å². The Morgan fingerprint density at radius 2 is 1.95 bits per heavy atom. The molecule has 0 saturated carbocycles. The van der Waals surface area contributed by atoms with Gasteiger partial charge in [-0.25, -0.2) is 4.98 Å². The Hall–Kier alpha value is -1.23. The van der Waals surface area contributed by atoms with Crippen molar-refractivity contribution in [3.8, 4) is 0 Å². The van der Waals surface area contributed by atoms with Crippen molar-refractivity contribution in [1.29, 1.82) is 0 Å². The summed E-state index contributed by atoms with van der Waals surface area (Å²) in [5.74, 6) is 0. The van der Waals surface area contributed by atoms with Gasteiger partial charge >= 0.3 is 0 Å². The summed E-state index contributed by atoms with van der Waals surface area (Å²) in [6.45, 7) is 5.58. The summed E-state index contributed by atoms with van der Waals surface area (Å²) < 4.78 is 0. The maximum absolute atomic E-state index is 5.94. The lowest BCUT2D eigenvalue weighted by Gasteiger charge is -2.26. The first-order valence-corrected chi connectivity index (χ1v) is 7.36. The lowest BCUT2D eigenvalue weighted by atomic mass is 10.0. The van der Waals surface area contributed by atoms with E-state index in [-0.39, 0.29) is 6.04 Å². The smallest absolute Gasteiger partial charge is 0.0897 e. The van der Waals surface area contributed by atoms with Gasteiger partial charge in [0.25, 0.3) is 0 Å². The van der Waals surface area contributed by atoms with Gasteiger partial charge in [0.05, 0.1) is 10.7 Å². The molecule has 102 valence electrons. The van der Waals surface area contributed by atoms with Crippen LogP contribution in [0.5, 0.6) is 0 Å². The van der Waals surface area contributed by atoms with Crippen LogP contribution in [0.15, 0.2) is 29.6 Å². The van der Waals surface area contributed by atoms with Crippen LogP contribution in [-0.4, -0.2) is 23.5 Å². The molecule has 0 spiro atoms. The lowest BCUT2D eigenvalue weighted by molar-refractivity contribution is 0.239. The molecule has 0 saturated heterocycles. The van der Waals surface area contributed by atoms with Gasteiger partial charge in [-0.1, -0.05) is 29.8 Å². The van der Waals surface area contributed by atoms with Gasteiger partial charge in [0, 0.05) is 24.5 Å². The van der Waals surface area contributed by atoms with E-state index < -0.39 is 0 Å². The van der Waals surface area contributed by atoms with Crippen LogP contribution < -0.4 is 5.73 Å². The number of nitrogens with zero attached hydrogens (tertiary/aromatic N) is 2. The lowest BCUT2D eigenvalue weighted by Crippen LogP contribution is -2.30. The quantitative estimate of drug-likeness (QED) is 0.912. The van der Waals surface area contributed by atoms with Crippen LogP contribution in [0.2, 0.25) is 0 Å². The SMILES string of the molecule is Cc1ccc(C(CN)N(C)Cc2csc(C)n2)cc1. The van der Waals surface area contributed by atoms with Crippen LogP contribution >= 0.6 is 11.3 Å². The standard InChI is InChI=1S/C15H21N3S/c1-11-4-6-13(7-5-11)15(8-16)18(3)9-14-10-19-12(2)17-14/h4-7,10,15H,8-9,16H2,1-3H3. The van der Waals surface area contributed by atoms with Crippen molar-refractivity contribution in [2.24, 2.45) is 5.73 Å². The molecule has 0 bridgehead atoms. The Morgan fingerprint density at radius 3 is 2.47 bits per heavy atom. The van der Waals surface area contributed by atoms with Crippen molar-refractivity contribution in [3.63, 3.8) is 0 Å². The van der Waals surface area contributed by atoms with Gasteiger partial charge in [-0.05, 0) is 26.5 Å². The summed E-state index contributed by atoms with van der Waals surface area (Å²) in [6, 6.07) is 8.84. The Balaban J connectivity index is 2.10. The van der Waals surface area contributed by atoms with Crippen LogP contribution in [0.1, 0.15) is 27.9 Å². The van der Waals surface area contributed by atoms with Crippen LogP contribution in [0.3, 0.4) is 0 Å². The maximum atomic E-state index is 5.94. The summed E-state index contributed by atoms with van der Waals surface area (Å²) in [5, 5.41) is 3.23. The van der Waals surface area contributed by atoms with Crippen LogP contribution in [0, 0.1) is 13.8 Å². The van der Waals surface area contributed by atoms with Crippen molar-refractivity contribution >= 4 is 11.3 Å². The predicted molar refractivity (Wildman–Crippen MR) is 81.3 cm³/mol. The second-order valence-electron chi connectivity index (χ2n) is 4.94. The highest BCUT2D eigenvalue weighted by Gasteiger charge is 2.16. The molecule has 0 aliphatic heterocycles. The molecule has 2 rings (SSSR count). The number of aromatic nitrogens is 1. The zero-order valence-electron chi connectivity index (χ0n) is 11.8. The molecular weight excluding hydrogens is 254 g/mol. The fourth-order valence-corrected chi connectivity index (χ4v) is 2.81. The summed E-state index contributed by atoms with van der Waals surface area (Å²) in [4.78, 5) is 6.77. The number of aryl methyl sites for hydroxylation is 2. The molecule has 0 fully saturated rings. The van der Waals surface area contributed by atoms with Crippen LogP contribution in [0.25, 0.3) is 0 Å². The number of benzene rings is 1. The molecule has 0 aliphatic rings. The minimum Gasteiger partial charge on any atom is -0.329 e. The van der Waals surface area contributed by atoms with Gasteiger partial charge in [-0.2, -0.15) is 0 Å². The number of hydrogen-bond donors (Lipinski definition) is 1. The van der Waals surface area contributed by atoms with Gasteiger partial charge in [-0.15, -0.1) is 11.3 Å². The number of hydrogen-bond acceptors (Lipinski definition) is 4. The molecule has 1 aromatic carbocycles. The summed E-state index contributed by atoms with van der Waals surface area (Å²) in [6.07, 6.45) is 0. The number of nitrogens with two attached hydrogens (primary N) is 1. The van der Waals surface area contributed by atoms with E-state index in [1.807, 2.05) is 6.92 Å². The highest BCUT2D eigenvalue weighted by atomic mass is 32.1. The first-order chi connectivity index (χ1) is 9.10. The molecule has 0 aliphatic carbocycles. The fraction of sp³-hybridized carbons (Fsp3) is 0.400. The average molecular weight is 275 g/mol. The van der Waals surface area contributed by atoms with Crippen molar-refractivity contribution in [2.75, 3.05) is 13.6 Å². The molecule has 1 atom stereocenters. The van der Waals surface area contributed by atoms with Gasteiger partial charge in [-0.3, -0.25) is 4.90 Å². The van der Waals surface area contributed by atoms with E-state index >= 15 is 0 Å². The summed E-state index contributed by atoms with van der Waals surface area (Å²) in [5.41, 5.74) is 9.61. The van der Waals surface area contributed by atoms with Crippen molar-refractivity contribution in [3.05, 3.63) is 51.5 Å². The molecule has 19 heavy (non-hydrogen) atoms. The van der Waals surface area contributed by atoms with Gasteiger partial charge in [0.2, 0.25) is 0 Å². The third kappa shape index (κ3) is 3.62. The Morgan fingerprint density at radius 1 is 1.26 bits per heavy atom. The number of thiazole rings is 1. The minimum atomic E-state index is 0.239. The van der Waals surface area contributed by atoms with Gasteiger partial charge < -0.3 is 5.73 Å². The molecule has 0 radical (unpaired) electrons. The van der Waals surface area contributed by atoms with E-state index in [4.69, 9.17) is 5.73 Å². The topological polar surface area (TPSA) is 42.1 Å². The third-order valence-electron chi connectivity index (χ3n) is 3.30. The highest BCUT2D eigenvalue weighted by molar-refractivity contribution is 7.09. The van der Waals surface area contributed by atoms with E-state index in [0.29, 0.717) is 6.54 Å². The van der Waals surface area contributed by atoms with E-state index in [9.17, 15) is 0 Å². The zero-order chi connectivity index (χ0) is 13.8. The molecule has 2 aromatic rings. The predicted octanol–water partition coefficient (Wildman–Crippen LogP) is 2.89.